The van der Waals surface area contributed by atoms with Gasteiger partial charge in [0.25, 0.3) is 0 Å². The monoisotopic (exact) mass is 428 g/mol. The van der Waals surface area contributed by atoms with E-state index in [1.165, 1.54) is 0 Å². The number of hydrogen-bond donors (Lipinski definition) is 2. The summed E-state index contributed by atoms with van der Waals surface area (Å²) in [6, 6.07) is 8.35. The van der Waals surface area contributed by atoms with Crippen LogP contribution >= 0.6 is 43.5 Å². The third-order valence-electron chi connectivity index (χ3n) is 3.02. The van der Waals surface area contributed by atoms with E-state index in [1.807, 2.05) is 0 Å². The first kappa shape index (κ1) is 14.6. The zero-order valence-corrected chi connectivity index (χ0v) is 14.3. The van der Waals surface area contributed by atoms with E-state index >= 15 is 0 Å². The van der Waals surface area contributed by atoms with Gasteiger partial charge in [-0.1, -0.05) is 27.5 Å². The van der Waals surface area contributed by atoms with Crippen LogP contribution in [0, 0.1) is 0 Å². The van der Waals surface area contributed by atoms with E-state index in [0.29, 0.717) is 36.1 Å². The summed E-state index contributed by atoms with van der Waals surface area (Å²) in [4.78, 5) is 29.3. The number of nitrogens with one attached hydrogen (secondary N) is 2. The highest BCUT2D eigenvalue weighted by Gasteiger charge is 2.17. The lowest BCUT2D eigenvalue weighted by molar-refractivity contribution is 0.103. The Bertz CT molecular complexity index is 930. The number of halogens is 3. The number of carbonyl (C=O) groups excluding carboxylic acids is 1. The zero-order valence-electron chi connectivity index (χ0n) is 10.3. The van der Waals surface area contributed by atoms with Crippen LogP contribution in [0.25, 0.3) is 11.0 Å². The molecule has 2 aromatic carbocycles. The van der Waals surface area contributed by atoms with Gasteiger partial charge in [0.1, 0.15) is 0 Å². The van der Waals surface area contributed by atoms with E-state index in [1.54, 1.807) is 30.3 Å². The van der Waals surface area contributed by atoms with Crippen molar-refractivity contribution < 1.29 is 4.79 Å². The van der Waals surface area contributed by atoms with Crippen molar-refractivity contribution in [1.82, 2.24) is 9.97 Å². The maximum Gasteiger partial charge on any atom is 0.323 e. The van der Waals surface area contributed by atoms with Crippen LogP contribution in [0.3, 0.4) is 0 Å². The minimum absolute atomic E-state index is 0.194. The van der Waals surface area contributed by atoms with Gasteiger partial charge in [0.2, 0.25) is 0 Å². The fourth-order valence-corrected chi connectivity index (χ4v) is 3.17. The molecule has 1 aromatic heterocycles. The second-order valence-electron chi connectivity index (χ2n) is 4.41. The molecule has 1 heterocycles. The van der Waals surface area contributed by atoms with Crippen molar-refractivity contribution in [2.24, 2.45) is 0 Å². The van der Waals surface area contributed by atoms with Crippen LogP contribution in [0.2, 0.25) is 5.02 Å². The molecule has 0 unspecified atom stereocenters. The quantitative estimate of drug-likeness (QED) is 0.597. The van der Waals surface area contributed by atoms with Crippen molar-refractivity contribution in [1.29, 1.82) is 0 Å². The summed E-state index contributed by atoms with van der Waals surface area (Å²) in [6.45, 7) is 0. The Morgan fingerprint density at radius 2 is 1.57 bits per heavy atom. The Hall–Kier alpha value is -1.37. The number of rotatable bonds is 2. The van der Waals surface area contributed by atoms with Crippen LogP contribution < -0.4 is 5.69 Å². The van der Waals surface area contributed by atoms with Crippen LogP contribution in [0.5, 0.6) is 0 Å². The van der Waals surface area contributed by atoms with E-state index < -0.39 is 0 Å². The molecular formula is C14H7Br2ClN2O2. The first-order chi connectivity index (χ1) is 9.95. The van der Waals surface area contributed by atoms with Crippen LogP contribution in [-0.2, 0) is 0 Å². The molecule has 0 atom stereocenters. The molecule has 0 aliphatic carbocycles. The number of aromatic amines is 2. The van der Waals surface area contributed by atoms with Crippen LogP contribution in [-0.4, -0.2) is 15.8 Å². The fourth-order valence-electron chi connectivity index (χ4n) is 2.05. The maximum absolute atomic E-state index is 12.7. The number of H-pyrrole nitrogens is 2. The largest absolute Gasteiger partial charge is 0.323 e. The van der Waals surface area contributed by atoms with Crippen molar-refractivity contribution in [2.75, 3.05) is 0 Å². The molecule has 106 valence electrons. The normalized spacial score (nSPS) is 11.0. The molecular weight excluding hydrogens is 423 g/mol. The van der Waals surface area contributed by atoms with Gasteiger partial charge >= 0.3 is 5.69 Å². The lowest BCUT2D eigenvalue weighted by Gasteiger charge is -2.07. The van der Waals surface area contributed by atoms with E-state index in [9.17, 15) is 9.59 Å². The molecule has 3 aromatic rings. The van der Waals surface area contributed by atoms with Crippen LogP contribution in [0.1, 0.15) is 15.9 Å². The van der Waals surface area contributed by atoms with Gasteiger partial charge in [-0.25, -0.2) is 4.79 Å². The zero-order chi connectivity index (χ0) is 15.1. The van der Waals surface area contributed by atoms with Crippen molar-refractivity contribution in [2.45, 2.75) is 0 Å². The van der Waals surface area contributed by atoms with Crippen molar-refractivity contribution in [3.8, 4) is 0 Å². The first-order valence-corrected chi connectivity index (χ1v) is 7.83. The number of ketones is 1. The Balaban J connectivity index is 2.19. The smallest absolute Gasteiger partial charge is 0.306 e. The van der Waals surface area contributed by atoms with Gasteiger partial charge in [0.05, 0.1) is 11.0 Å². The average Bonchev–Trinajstić information content (AvgIpc) is 2.79. The number of imidazole rings is 1. The number of fused-ring (bicyclic) bond motifs is 1. The van der Waals surface area contributed by atoms with Crippen LogP contribution in [0.4, 0.5) is 0 Å². The molecule has 0 spiro atoms. The van der Waals surface area contributed by atoms with E-state index in [0.717, 1.165) is 0 Å². The van der Waals surface area contributed by atoms with Gasteiger partial charge in [-0.2, -0.15) is 0 Å². The average molecular weight is 430 g/mol. The minimum Gasteiger partial charge on any atom is -0.306 e. The van der Waals surface area contributed by atoms with Crippen molar-refractivity contribution in [3.63, 3.8) is 0 Å². The Kier molecular flexibility index (Phi) is 3.77. The van der Waals surface area contributed by atoms with Crippen LogP contribution in [0.15, 0.2) is 44.1 Å². The number of hydrogen-bond acceptors (Lipinski definition) is 2. The summed E-state index contributed by atoms with van der Waals surface area (Å²) in [7, 11) is 0. The standard InChI is InChI=1S/C14H7Br2ClN2O2/c15-9-2-1-6(17)3-7(9)13(20)8-4-11-12(5-10(8)16)19-14(21)18-11/h1-5H,(H2,18,19,21). The number of carbonyl (C=O) groups is 1. The summed E-state index contributed by atoms with van der Waals surface area (Å²) >= 11 is 12.7. The molecule has 0 radical (unpaired) electrons. The summed E-state index contributed by atoms with van der Waals surface area (Å²) in [6.07, 6.45) is 0. The second-order valence-corrected chi connectivity index (χ2v) is 6.56. The van der Waals surface area contributed by atoms with Gasteiger partial charge in [0, 0.05) is 25.1 Å². The molecule has 2 N–H and O–H groups in total. The summed E-state index contributed by atoms with van der Waals surface area (Å²) in [5, 5.41) is 0.480. The maximum atomic E-state index is 12.7. The third kappa shape index (κ3) is 2.71. The highest BCUT2D eigenvalue weighted by molar-refractivity contribution is 9.11. The molecule has 0 saturated heterocycles. The van der Waals surface area contributed by atoms with Gasteiger partial charge in [-0.3, -0.25) is 4.79 Å². The minimum atomic E-state index is -0.314. The molecule has 7 heteroatoms. The molecule has 0 aliphatic heterocycles. The summed E-state index contributed by atoms with van der Waals surface area (Å²) in [5.41, 5.74) is 1.80. The molecule has 0 bridgehead atoms. The van der Waals surface area contributed by atoms with Crippen molar-refractivity contribution >= 4 is 60.3 Å². The predicted octanol–water partition coefficient (Wildman–Crippen LogP) is 4.27. The number of aromatic nitrogens is 2. The molecule has 0 saturated carbocycles. The third-order valence-corrected chi connectivity index (χ3v) is 4.60. The van der Waals surface area contributed by atoms with Gasteiger partial charge in [-0.05, 0) is 46.3 Å². The van der Waals surface area contributed by atoms with E-state index in [4.69, 9.17) is 11.6 Å². The fraction of sp³-hybridized carbons (Fsp3) is 0. The lowest BCUT2D eigenvalue weighted by Crippen LogP contribution is -2.03. The molecule has 0 fully saturated rings. The van der Waals surface area contributed by atoms with E-state index in [-0.39, 0.29) is 11.5 Å². The van der Waals surface area contributed by atoms with Gasteiger partial charge in [0.15, 0.2) is 5.78 Å². The van der Waals surface area contributed by atoms with Gasteiger partial charge < -0.3 is 9.97 Å². The SMILES string of the molecule is O=C(c1cc(Cl)ccc1Br)c1cc2[nH]c(=O)[nH]c2cc1Br. The highest BCUT2D eigenvalue weighted by atomic mass is 79.9. The molecule has 0 amide bonds. The molecule has 4 nitrogen and oxygen atoms in total. The van der Waals surface area contributed by atoms with E-state index in [2.05, 4.69) is 41.8 Å². The Labute approximate surface area is 140 Å². The summed E-state index contributed by atoms with van der Waals surface area (Å²) < 4.78 is 1.26. The molecule has 21 heavy (non-hydrogen) atoms. The topological polar surface area (TPSA) is 65.7 Å². The highest BCUT2D eigenvalue weighted by Crippen LogP contribution is 2.28. The first-order valence-electron chi connectivity index (χ1n) is 5.87. The number of benzene rings is 2. The predicted molar refractivity (Wildman–Crippen MR) is 89.2 cm³/mol. The lowest BCUT2D eigenvalue weighted by atomic mass is 10.0. The van der Waals surface area contributed by atoms with Crippen molar-refractivity contribution in [3.05, 3.63) is 65.9 Å². The second kappa shape index (κ2) is 5.44. The Morgan fingerprint density at radius 1 is 0.952 bits per heavy atom. The molecule has 0 aliphatic rings. The molecule has 3 rings (SSSR count). The summed E-state index contributed by atoms with van der Waals surface area (Å²) in [5.74, 6) is -0.194. The van der Waals surface area contributed by atoms with Gasteiger partial charge in [-0.15, -0.1) is 0 Å². The Morgan fingerprint density at radius 3 is 2.29 bits per heavy atom.